The maximum atomic E-state index is 12.7. The second kappa shape index (κ2) is 7.34. The van der Waals surface area contributed by atoms with E-state index < -0.39 is 0 Å². The van der Waals surface area contributed by atoms with Crippen LogP contribution in [0.4, 0.5) is 0 Å². The molecule has 1 aliphatic heterocycles. The van der Waals surface area contributed by atoms with E-state index in [1.165, 1.54) is 22.2 Å². The Morgan fingerprint density at radius 1 is 1.18 bits per heavy atom. The van der Waals surface area contributed by atoms with Crippen molar-refractivity contribution in [2.24, 2.45) is 7.05 Å². The van der Waals surface area contributed by atoms with Crippen LogP contribution in [-0.4, -0.2) is 28.5 Å². The number of ether oxygens (including phenoxy) is 1. The minimum atomic E-state index is 0.106. The topological polar surface area (TPSA) is 34.5 Å². The monoisotopic (exact) mass is 376 g/mol. The highest BCUT2D eigenvalue weighted by atomic mass is 16.5. The van der Waals surface area contributed by atoms with Gasteiger partial charge in [0.15, 0.2) is 0 Å². The quantitative estimate of drug-likeness (QED) is 0.604. The van der Waals surface area contributed by atoms with Crippen molar-refractivity contribution in [2.45, 2.75) is 45.2 Å². The van der Waals surface area contributed by atoms with E-state index in [4.69, 9.17) is 4.74 Å². The average Bonchev–Trinajstić information content (AvgIpc) is 3.25. The molecule has 0 bridgehead atoms. The molecule has 3 aromatic rings. The van der Waals surface area contributed by atoms with Crippen molar-refractivity contribution in [3.63, 3.8) is 0 Å². The lowest BCUT2D eigenvalue weighted by Crippen LogP contribution is -2.35. The fourth-order valence-corrected chi connectivity index (χ4v) is 4.61. The van der Waals surface area contributed by atoms with Gasteiger partial charge in [0.2, 0.25) is 5.91 Å². The van der Waals surface area contributed by atoms with Crippen LogP contribution in [0.3, 0.4) is 0 Å². The highest BCUT2D eigenvalue weighted by Gasteiger charge is 2.38. The van der Waals surface area contributed by atoms with Crippen LogP contribution in [0.15, 0.2) is 48.5 Å². The Morgan fingerprint density at radius 2 is 1.96 bits per heavy atom. The van der Waals surface area contributed by atoms with Gasteiger partial charge in [0.25, 0.3) is 0 Å². The minimum absolute atomic E-state index is 0.106. The van der Waals surface area contributed by atoms with E-state index in [2.05, 4.69) is 66.8 Å². The molecule has 2 aromatic carbocycles. The van der Waals surface area contributed by atoms with E-state index in [9.17, 15) is 4.79 Å². The van der Waals surface area contributed by atoms with Crippen LogP contribution in [0.2, 0.25) is 0 Å². The highest BCUT2D eigenvalue weighted by molar-refractivity contribution is 5.94. The summed E-state index contributed by atoms with van der Waals surface area (Å²) in [6.07, 6.45) is 2.45. The van der Waals surface area contributed by atoms with Crippen molar-refractivity contribution in [1.29, 1.82) is 0 Å². The van der Waals surface area contributed by atoms with Gasteiger partial charge in [-0.1, -0.05) is 37.3 Å². The first kappa shape index (κ1) is 18.6. The molecular formula is C24H28N2O2. The molecule has 1 aliphatic rings. The lowest BCUT2D eigenvalue weighted by Gasteiger charge is -2.31. The summed E-state index contributed by atoms with van der Waals surface area (Å²) < 4.78 is 7.74. The number of methoxy groups -OCH3 is 1. The zero-order valence-electron chi connectivity index (χ0n) is 17.1. The van der Waals surface area contributed by atoms with E-state index in [0.29, 0.717) is 6.42 Å². The van der Waals surface area contributed by atoms with Crippen molar-refractivity contribution >= 4 is 16.8 Å². The van der Waals surface area contributed by atoms with Crippen molar-refractivity contribution in [3.05, 3.63) is 54.1 Å². The lowest BCUT2D eigenvalue weighted by molar-refractivity contribution is -0.131. The van der Waals surface area contributed by atoms with Gasteiger partial charge < -0.3 is 14.2 Å². The van der Waals surface area contributed by atoms with Gasteiger partial charge >= 0.3 is 0 Å². The number of amides is 1. The summed E-state index contributed by atoms with van der Waals surface area (Å²) in [5.74, 6) is 1.11. The number of aryl methyl sites for hydroxylation is 1. The third-order valence-electron chi connectivity index (χ3n) is 6.14. The zero-order chi connectivity index (χ0) is 19.8. The van der Waals surface area contributed by atoms with Crippen LogP contribution in [0, 0.1) is 0 Å². The Balaban J connectivity index is 1.98. The third-order valence-corrected chi connectivity index (χ3v) is 6.14. The summed E-state index contributed by atoms with van der Waals surface area (Å²) in [4.78, 5) is 14.9. The van der Waals surface area contributed by atoms with E-state index in [1.807, 2.05) is 12.1 Å². The highest BCUT2D eigenvalue weighted by Crippen LogP contribution is 2.45. The first-order chi connectivity index (χ1) is 13.6. The molecule has 1 saturated heterocycles. The number of carbonyl (C=O) groups is 1. The Hall–Kier alpha value is -2.75. The van der Waals surface area contributed by atoms with Crippen LogP contribution in [0.25, 0.3) is 22.2 Å². The molecule has 0 saturated carbocycles. The van der Waals surface area contributed by atoms with E-state index in [0.717, 1.165) is 24.2 Å². The Morgan fingerprint density at radius 3 is 2.71 bits per heavy atom. The van der Waals surface area contributed by atoms with Gasteiger partial charge in [-0.2, -0.15) is 0 Å². The number of rotatable bonds is 5. The summed E-state index contributed by atoms with van der Waals surface area (Å²) in [6.45, 7) is 4.31. The van der Waals surface area contributed by atoms with E-state index in [1.54, 1.807) is 7.11 Å². The first-order valence-electron chi connectivity index (χ1n) is 10.1. The third kappa shape index (κ3) is 2.88. The predicted octanol–water partition coefficient (Wildman–Crippen LogP) is 5.32. The maximum Gasteiger partial charge on any atom is 0.223 e. The van der Waals surface area contributed by atoms with Gasteiger partial charge in [0.05, 0.1) is 18.8 Å². The van der Waals surface area contributed by atoms with Crippen LogP contribution >= 0.6 is 0 Å². The fraction of sp³-hybridized carbons (Fsp3) is 0.375. The molecule has 1 aromatic heterocycles. The number of likely N-dealkylation sites (tertiary alicyclic amines) is 1. The second-order valence-corrected chi connectivity index (χ2v) is 7.68. The van der Waals surface area contributed by atoms with Crippen molar-refractivity contribution in [2.75, 3.05) is 7.11 Å². The second-order valence-electron chi connectivity index (χ2n) is 7.68. The molecule has 4 rings (SSSR count). The summed E-state index contributed by atoms with van der Waals surface area (Å²) in [6, 6.07) is 17.1. The van der Waals surface area contributed by atoms with Gasteiger partial charge in [-0.3, -0.25) is 4.79 Å². The Bertz CT molecular complexity index is 1020. The van der Waals surface area contributed by atoms with Crippen molar-refractivity contribution in [1.82, 2.24) is 9.47 Å². The number of benzene rings is 2. The van der Waals surface area contributed by atoms with Gasteiger partial charge in [-0.15, -0.1) is 0 Å². The molecule has 4 nitrogen and oxygen atoms in total. The predicted molar refractivity (Wildman–Crippen MR) is 113 cm³/mol. The number of nitrogens with zero attached hydrogens (tertiary/aromatic N) is 2. The summed E-state index contributed by atoms with van der Waals surface area (Å²) in [7, 11) is 3.81. The molecule has 0 radical (unpaired) electrons. The SMILES string of the molecule is CC[C@H](C)N1C(=O)CC[C@@H]1c1c(-c2cccc(OC)c2)n(C)c2ccccc12. The van der Waals surface area contributed by atoms with Gasteiger partial charge in [-0.25, -0.2) is 0 Å². The molecule has 0 spiro atoms. The molecule has 0 unspecified atom stereocenters. The molecule has 0 aliphatic carbocycles. The molecule has 0 N–H and O–H groups in total. The molecule has 2 atom stereocenters. The Labute approximate surface area is 166 Å². The van der Waals surface area contributed by atoms with E-state index >= 15 is 0 Å². The largest absolute Gasteiger partial charge is 0.497 e. The molecule has 1 fully saturated rings. The fourth-order valence-electron chi connectivity index (χ4n) is 4.61. The maximum absolute atomic E-state index is 12.7. The zero-order valence-corrected chi connectivity index (χ0v) is 17.1. The number of para-hydroxylation sites is 1. The molecule has 2 heterocycles. The normalized spacial score (nSPS) is 18.1. The smallest absolute Gasteiger partial charge is 0.223 e. The van der Waals surface area contributed by atoms with E-state index in [-0.39, 0.29) is 18.0 Å². The van der Waals surface area contributed by atoms with Crippen molar-refractivity contribution in [3.8, 4) is 17.0 Å². The summed E-state index contributed by atoms with van der Waals surface area (Å²) in [5, 5.41) is 1.23. The molecule has 1 amide bonds. The van der Waals surface area contributed by atoms with Crippen molar-refractivity contribution < 1.29 is 9.53 Å². The number of aromatic nitrogens is 1. The van der Waals surface area contributed by atoms with Crippen LogP contribution in [0.5, 0.6) is 5.75 Å². The standard InChI is InChI=1S/C24H28N2O2/c1-5-16(2)26-21(13-14-22(26)27)23-19-11-6-7-12-20(19)25(3)24(23)17-9-8-10-18(15-17)28-4/h6-12,15-16,21H,5,13-14H2,1-4H3/t16-,21+/m0/s1. The number of hydrogen-bond acceptors (Lipinski definition) is 2. The van der Waals surface area contributed by atoms with Gasteiger partial charge in [-0.05, 0) is 38.0 Å². The molecule has 4 heteroatoms. The average molecular weight is 377 g/mol. The van der Waals surface area contributed by atoms with Crippen LogP contribution in [-0.2, 0) is 11.8 Å². The molecule has 28 heavy (non-hydrogen) atoms. The number of hydrogen-bond donors (Lipinski definition) is 0. The molecule has 146 valence electrons. The lowest BCUT2D eigenvalue weighted by atomic mass is 9.96. The summed E-state index contributed by atoms with van der Waals surface area (Å²) >= 11 is 0. The number of carbonyl (C=O) groups excluding carboxylic acids is 1. The van der Waals surface area contributed by atoms with Crippen LogP contribution in [0.1, 0.15) is 44.7 Å². The minimum Gasteiger partial charge on any atom is -0.497 e. The first-order valence-corrected chi connectivity index (χ1v) is 10.1. The molecular weight excluding hydrogens is 348 g/mol. The summed E-state index contributed by atoms with van der Waals surface area (Å²) in [5.41, 5.74) is 4.75. The Kier molecular flexibility index (Phi) is 4.88. The van der Waals surface area contributed by atoms with Gasteiger partial charge in [0.1, 0.15) is 5.75 Å². The number of fused-ring (bicyclic) bond motifs is 1. The van der Waals surface area contributed by atoms with Crippen LogP contribution < -0.4 is 4.74 Å². The van der Waals surface area contributed by atoms with Gasteiger partial charge in [0, 0.05) is 41.5 Å².